The summed E-state index contributed by atoms with van der Waals surface area (Å²) in [7, 11) is 0. The van der Waals surface area contributed by atoms with Gasteiger partial charge >= 0.3 is 0 Å². The molecule has 1 N–H and O–H groups in total. The Hall–Kier alpha value is -0.980. The first-order valence-corrected chi connectivity index (χ1v) is 7.36. The van der Waals surface area contributed by atoms with Crippen molar-refractivity contribution in [1.29, 1.82) is 0 Å². The molecule has 3 rings (SSSR count). The van der Waals surface area contributed by atoms with E-state index < -0.39 is 0 Å². The maximum Gasteiger partial charge on any atom is 0.263 e. The molecule has 0 spiro atoms. The molecule has 1 unspecified atom stereocenters. The maximum atomic E-state index is 12.3. The van der Waals surface area contributed by atoms with E-state index >= 15 is 0 Å². The fourth-order valence-electron chi connectivity index (χ4n) is 2.32. The van der Waals surface area contributed by atoms with Gasteiger partial charge in [0.1, 0.15) is 4.83 Å². The first-order valence-electron chi connectivity index (χ1n) is 6.07. The average molecular weight is 282 g/mol. The van der Waals surface area contributed by atoms with Gasteiger partial charge in [-0.15, -0.1) is 11.3 Å². The van der Waals surface area contributed by atoms with Crippen molar-refractivity contribution >= 4 is 33.8 Å². The van der Waals surface area contributed by atoms with Crippen LogP contribution in [-0.2, 0) is 11.3 Å². The second-order valence-corrected chi connectivity index (χ2v) is 5.78. The van der Waals surface area contributed by atoms with Gasteiger partial charge in [0.05, 0.1) is 11.5 Å². The summed E-state index contributed by atoms with van der Waals surface area (Å²) >= 11 is 6.75. The molecule has 0 aliphatic carbocycles. The van der Waals surface area contributed by atoms with Crippen LogP contribution in [0.4, 0.5) is 0 Å². The van der Waals surface area contributed by atoms with Crippen molar-refractivity contribution in [3.8, 4) is 0 Å². The third kappa shape index (κ3) is 2.15. The molecule has 3 heterocycles. The van der Waals surface area contributed by atoms with E-state index in [0.29, 0.717) is 11.3 Å². The number of fused-ring (bicyclic) bond motifs is 1. The third-order valence-corrected chi connectivity index (χ3v) is 4.46. The first kappa shape index (κ1) is 12.1. The molecule has 0 saturated carbocycles. The fraction of sp³-hybridized carbons (Fsp3) is 0.500. The van der Waals surface area contributed by atoms with Gasteiger partial charge in [-0.25, -0.2) is 0 Å². The van der Waals surface area contributed by atoms with Gasteiger partial charge in [-0.1, -0.05) is 0 Å². The molecule has 1 saturated heterocycles. The molecule has 2 aromatic heterocycles. The van der Waals surface area contributed by atoms with Crippen molar-refractivity contribution in [2.75, 3.05) is 6.61 Å². The molecular weight excluding hydrogens is 268 g/mol. The van der Waals surface area contributed by atoms with Crippen molar-refractivity contribution < 1.29 is 4.74 Å². The number of H-pyrrole nitrogens is 1. The van der Waals surface area contributed by atoms with E-state index in [1.807, 2.05) is 11.4 Å². The molecule has 1 atom stereocenters. The van der Waals surface area contributed by atoms with Crippen LogP contribution >= 0.6 is 23.6 Å². The Balaban J connectivity index is 1.90. The van der Waals surface area contributed by atoms with E-state index in [0.717, 1.165) is 36.1 Å². The quantitative estimate of drug-likeness (QED) is 0.880. The molecule has 4 nitrogen and oxygen atoms in total. The second-order valence-electron chi connectivity index (χ2n) is 4.47. The summed E-state index contributed by atoms with van der Waals surface area (Å²) in [6, 6.07) is 1.84. The Morgan fingerprint density at radius 1 is 1.61 bits per heavy atom. The number of nitrogens with one attached hydrogen (secondary N) is 1. The van der Waals surface area contributed by atoms with Crippen LogP contribution in [0.2, 0.25) is 0 Å². The highest BCUT2D eigenvalue weighted by atomic mass is 32.1. The molecule has 1 aliphatic heterocycles. The predicted octanol–water partition coefficient (Wildman–Crippen LogP) is 2.69. The Morgan fingerprint density at radius 3 is 3.28 bits per heavy atom. The molecule has 2 aromatic rings. The van der Waals surface area contributed by atoms with Crippen LogP contribution in [-0.4, -0.2) is 22.3 Å². The fourth-order valence-corrected chi connectivity index (χ4v) is 3.44. The lowest BCUT2D eigenvalue weighted by molar-refractivity contribution is 0.1000. The van der Waals surface area contributed by atoms with Crippen LogP contribution in [0.1, 0.15) is 19.3 Å². The van der Waals surface area contributed by atoms with E-state index in [1.54, 1.807) is 4.57 Å². The normalized spacial score (nSPS) is 19.7. The summed E-state index contributed by atoms with van der Waals surface area (Å²) < 4.78 is 7.72. The summed E-state index contributed by atoms with van der Waals surface area (Å²) in [5, 5.41) is 2.63. The Bertz CT molecular complexity index is 665. The number of aromatic nitrogens is 2. The van der Waals surface area contributed by atoms with Crippen molar-refractivity contribution in [2.45, 2.75) is 31.9 Å². The van der Waals surface area contributed by atoms with E-state index in [4.69, 9.17) is 17.0 Å². The molecule has 0 radical (unpaired) electrons. The monoisotopic (exact) mass is 282 g/mol. The number of hydrogen-bond acceptors (Lipinski definition) is 4. The molecule has 0 amide bonds. The summed E-state index contributed by atoms with van der Waals surface area (Å²) in [6.07, 6.45) is 3.35. The van der Waals surface area contributed by atoms with E-state index in [1.165, 1.54) is 11.3 Å². The minimum Gasteiger partial charge on any atom is -0.378 e. The lowest BCUT2D eigenvalue weighted by Crippen LogP contribution is -2.23. The number of ether oxygens (including phenoxy) is 1. The smallest absolute Gasteiger partial charge is 0.263 e. The van der Waals surface area contributed by atoms with Gasteiger partial charge in [0.15, 0.2) is 4.77 Å². The number of aromatic amines is 1. The summed E-state index contributed by atoms with van der Waals surface area (Å²) in [5.74, 6) is 0. The molecule has 0 bridgehead atoms. The van der Waals surface area contributed by atoms with Crippen molar-refractivity contribution in [2.24, 2.45) is 0 Å². The van der Waals surface area contributed by atoms with Gasteiger partial charge in [-0.3, -0.25) is 9.36 Å². The number of thiophene rings is 1. The summed E-state index contributed by atoms with van der Waals surface area (Å²) in [6.45, 7) is 1.47. The van der Waals surface area contributed by atoms with Gasteiger partial charge in [-0.2, -0.15) is 0 Å². The van der Waals surface area contributed by atoms with E-state index in [-0.39, 0.29) is 11.7 Å². The third-order valence-electron chi connectivity index (χ3n) is 3.31. The molecular formula is C12H14N2O2S2. The zero-order valence-electron chi connectivity index (χ0n) is 9.85. The minimum atomic E-state index is 0.00740. The van der Waals surface area contributed by atoms with Crippen LogP contribution < -0.4 is 5.56 Å². The summed E-state index contributed by atoms with van der Waals surface area (Å²) in [5.41, 5.74) is 0.00740. The standard InChI is InChI=1S/C12H14N2O2S2/c15-11-9-4-7-18-10(9)13-12(17)14(11)5-3-8-2-1-6-16-8/h4,7-8H,1-3,5-6H2,(H,13,17). The van der Waals surface area contributed by atoms with Gasteiger partial charge < -0.3 is 9.72 Å². The van der Waals surface area contributed by atoms with E-state index in [2.05, 4.69) is 4.98 Å². The highest BCUT2D eigenvalue weighted by molar-refractivity contribution is 7.71. The Kier molecular flexibility index (Phi) is 3.32. The van der Waals surface area contributed by atoms with Crippen LogP contribution in [0.5, 0.6) is 0 Å². The largest absolute Gasteiger partial charge is 0.378 e. The Labute approximate surface area is 113 Å². The van der Waals surface area contributed by atoms with Crippen LogP contribution in [0.25, 0.3) is 10.2 Å². The molecule has 1 fully saturated rings. The average Bonchev–Trinajstić information content (AvgIpc) is 2.98. The van der Waals surface area contributed by atoms with Crippen LogP contribution in [0, 0.1) is 4.77 Å². The van der Waals surface area contributed by atoms with Crippen molar-refractivity contribution in [3.05, 3.63) is 26.6 Å². The minimum absolute atomic E-state index is 0.00740. The zero-order valence-corrected chi connectivity index (χ0v) is 11.5. The Morgan fingerprint density at radius 2 is 2.50 bits per heavy atom. The molecule has 18 heavy (non-hydrogen) atoms. The molecule has 1 aliphatic rings. The van der Waals surface area contributed by atoms with Gasteiger partial charge in [-0.05, 0) is 42.9 Å². The van der Waals surface area contributed by atoms with Gasteiger partial charge in [0, 0.05) is 13.2 Å². The topological polar surface area (TPSA) is 47.0 Å². The SMILES string of the molecule is O=c1c2ccsc2[nH]c(=S)n1CCC1CCCO1. The number of nitrogens with zero attached hydrogens (tertiary/aromatic N) is 1. The number of rotatable bonds is 3. The lowest BCUT2D eigenvalue weighted by Gasteiger charge is -2.10. The van der Waals surface area contributed by atoms with Crippen molar-refractivity contribution in [3.63, 3.8) is 0 Å². The van der Waals surface area contributed by atoms with Crippen molar-refractivity contribution in [1.82, 2.24) is 9.55 Å². The van der Waals surface area contributed by atoms with Crippen LogP contribution in [0.15, 0.2) is 16.2 Å². The molecule has 6 heteroatoms. The van der Waals surface area contributed by atoms with E-state index in [9.17, 15) is 4.79 Å². The van der Waals surface area contributed by atoms with Gasteiger partial charge in [0.25, 0.3) is 5.56 Å². The lowest BCUT2D eigenvalue weighted by atomic mass is 10.2. The van der Waals surface area contributed by atoms with Crippen LogP contribution in [0.3, 0.4) is 0 Å². The highest BCUT2D eigenvalue weighted by Crippen LogP contribution is 2.17. The maximum absolute atomic E-state index is 12.3. The first-order chi connectivity index (χ1) is 8.75. The number of hydrogen-bond donors (Lipinski definition) is 1. The molecule has 96 valence electrons. The highest BCUT2D eigenvalue weighted by Gasteiger charge is 2.16. The second kappa shape index (κ2) is 4.95. The zero-order chi connectivity index (χ0) is 12.5. The summed E-state index contributed by atoms with van der Waals surface area (Å²) in [4.78, 5) is 16.2. The predicted molar refractivity (Wildman–Crippen MR) is 74.9 cm³/mol. The van der Waals surface area contributed by atoms with Gasteiger partial charge in [0.2, 0.25) is 0 Å². The molecule has 0 aromatic carbocycles.